The van der Waals surface area contributed by atoms with Gasteiger partial charge in [-0.1, -0.05) is 12.1 Å². The van der Waals surface area contributed by atoms with E-state index in [0.717, 1.165) is 50.2 Å². The number of nitrogens with one attached hydrogen (secondary N) is 1. The number of carbonyl (C=O) groups excluding carboxylic acids is 1. The van der Waals surface area contributed by atoms with Crippen LogP contribution in [0.1, 0.15) is 30.4 Å². The van der Waals surface area contributed by atoms with Gasteiger partial charge in [0.15, 0.2) is 0 Å². The van der Waals surface area contributed by atoms with E-state index in [4.69, 9.17) is 14.2 Å². The van der Waals surface area contributed by atoms with Crippen molar-refractivity contribution in [2.24, 2.45) is 0 Å². The lowest BCUT2D eigenvalue weighted by molar-refractivity contribution is -0.120. The van der Waals surface area contributed by atoms with E-state index in [1.165, 1.54) is 5.56 Å². The highest BCUT2D eigenvalue weighted by molar-refractivity contribution is 5.78. The van der Waals surface area contributed by atoms with Gasteiger partial charge in [-0.2, -0.15) is 0 Å². The number of rotatable bonds is 8. The Bertz CT molecular complexity index is 526. The van der Waals surface area contributed by atoms with E-state index in [1.807, 2.05) is 12.1 Å². The van der Waals surface area contributed by atoms with Gasteiger partial charge in [-0.3, -0.25) is 4.79 Å². The molecule has 1 atom stereocenters. The van der Waals surface area contributed by atoms with Crippen LogP contribution in [0.5, 0.6) is 5.75 Å². The van der Waals surface area contributed by atoms with Gasteiger partial charge in [-0.15, -0.1) is 0 Å². The van der Waals surface area contributed by atoms with Crippen LogP contribution in [0, 0.1) is 0 Å². The quantitative estimate of drug-likeness (QED) is 0.743. The van der Waals surface area contributed by atoms with Gasteiger partial charge >= 0.3 is 0 Å². The fourth-order valence-electron chi connectivity index (χ4n) is 2.99. The van der Waals surface area contributed by atoms with E-state index in [-0.39, 0.29) is 12.0 Å². The molecule has 0 bridgehead atoms. The highest BCUT2D eigenvalue weighted by Gasteiger charge is 2.15. The summed E-state index contributed by atoms with van der Waals surface area (Å²) < 4.78 is 16.5. The third kappa shape index (κ3) is 4.94. The fraction of sp³-hybridized carbons (Fsp3) is 0.611. The normalized spacial score (nSPS) is 19.4. The van der Waals surface area contributed by atoms with Crippen LogP contribution < -0.4 is 10.1 Å². The van der Waals surface area contributed by atoms with E-state index in [0.29, 0.717) is 26.2 Å². The number of amides is 1. The summed E-state index contributed by atoms with van der Waals surface area (Å²) in [6.45, 7) is 3.59. The van der Waals surface area contributed by atoms with Crippen LogP contribution in [-0.4, -0.2) is 45.0 Å². The van der Waals surface area contributed by atoms with Crippen LogP contribution in [0.3, 0.4) is 0 Å². The number of benzene rings is 1. The lowest BCUT2D eigenvalue weighted by Crippen LogP contribution is -2.27. The molecule has 1 aromatic rings. The third-order valence-corrected chi connectivity index (χ3v) is 4.23. The van der Waals surface area contributed by atoms with Crippen molar-refractivity contribution in [3.8, 4) is 5.75 Å². The number of hydrogen-bond donors (Lipinski definition) is 1. The monoisotopic (exact) mass is 319 g/mol. The molecule has 1 unspecified atom stereocenters. The predicted octanol–water partition coefficient (Wildman–Crippen LogP) is 1.87. The molecule has 23 heavy (non-hydrogen) atoms. The van der Waals surface area contributed by atoms with Crippen molar-refractivity contribution in [1.82, 2.24) is 5.32 Å². The highest BCUT2D eigenvalue weighted by Crippen LogP contribution is 2.25. The maximum absolute atomic E-state index is 12.0. The van der Waals surface area contributed by atoms with Gasteiger partial charge in [0, 0.05) is 26.2 Å². The zero-order valence-electron chi connectivity index (χ0n) is 13.5. The zero-order chi connectivity index (χ0) is 15.9. The summed E-state index contributed by atoms with van der Waals surface area (Å²) in [7, 11) is 0. The molecule has 0 spiro atoms. The molecule has 126 valence electrons. The minimum Gasteiger partial charge on any atom is -0.493 e. The Morgan fingerprint density at radius 1 is 1.35 bits per heavy atom. The zero-order valence-corrected chi connectivity index (χ0v) is 13.5. The Balaban J connectivity index is 1.27. The van der Waals surface area contributed by atoms with E-state index in [2.05, 4.69) is 11.4 Å². The third-order valence-electron chi connectivity index (χ3n) is 4.23. The molecule has 1 amide bonds. The van der Waals surface area contributed by atoms with Gasteiger partial charge in [0.2, 0.25) is 5.91 Å². The fourth-order valence-corrected chi connectivity index (χ4v) is 2.99. The van der Waals surface area contributed by atoms with Crippen LogP contribution in [0.2, 0.25) is 0 Å². The van der Waals surface area contributed by atoms with Crippen LogP contribution in [-0.2, 0) is 27.1 Å². The Morgan fingerprint density at radius 3 is 3.17 bits per heavy atom. The molecule has 3 rings (SSSR count). The first-order valence-corrected chi connectivity index (χ1v) is 8.52. The Kier molecular flexibility index (Phi) is 5.88. The largest absolute Gasteiger partial charge is 0.493 e. The van der Waals surface area contributed by atoms with E-state index in [1.54, 1.807) is 0 Å². The summed E-state index contributed by atoms with van der Waals surface area (Å²) in [6.07, 6.45) is 4.70. The second kappa shape index (κ2) is 8.31. The lowest BCUT2D eigenvalue weighted by atomic mass is 10.1. The molecule has 1 N–H and O–H groups in total. The smallest absolute Gasteiger partial charge is 0.224 e. The summed E-state index contributed by atoms with van der Waals surface area (Å²) in [4.78, 5) is 12.0. The molecule has 2 aliphatic rings. The van der Waals surface area contributed by atoms with Gasteiger partial charge in [0.1, 0.15) is 5.75 Å². The number of fused-ring (bicyclic) bond motifs is 1. The maximum atomic E-state index is 12.0. The summed E-state index contributed by atoms with van der Waals surface area (Å²) in [5.74, 6) is 1.01. The van der Waals surface area contributed by atoms with Crippen molar-refractivity contribution < 1.29 is 19.0 Å². The van der Waals surface area contributed by atoms with Gasteiger partial charge in [0.25, 0.3) is 0 Å². The van der Waals surface area contributed by atoms with E-state index in [9.17, 15) is 4.79 Å². The topological polar surface area (TPSA) is 56.8 Å². The molecule has 0 radical (unpaired) electrons. The number of ether oxygens (including phenoxy) is 3. The second-order valence-electron chi connectivity index (χ2n) is 6.13. The predicted molar refractivity (Wildman–Crippen MR) is 86.8 cm³/mol. The Labute approximate surface area is 137 Å². The highest BCUT2D eigenvalue weighted by atomic mass is 16.5. The van der Waals surface area contributed by atoms with E-state index >= 15 is 0 Å². The molecular formula is C18H25NO4. The SMILES string of the molecule is O=C(Cc1ccc2c(c1)CCO2)NCCCOCC1CCCO1. The first kappa shape index (κ1) is 16.3. The minimum absolute atomic E-state index is 0.0583. The minimum atomic E-state index is 0.0583. The van der Waals surface area contributed by atoms with Crippen molar-refractivity contribution in [3.05, 3.63) is 29.3 Å². The summed E-state index contributed by atoms with van der Waals surface area (Å²) in [5, 5.41) is 2.95. The van der Waals surface area contributed by atoms with Crippen molar-refractivity contribution >= 4 is 5.91 Å². The number of hydrogen-bond acceptors (Lipinski definition) is 4. The molecule has 0 aromatic heterocycles. The van der Waals surface area contributed by atoms with Gasteiger partial charge in [-0.25, -0.2) is 0 Å². The van der Waals surface area contributed by atoms with Crippen LogP contribution in [0.4, 0.5) is 0 Å². The lowest BCUT2D eigenvalue weighted by Gasteiger charge is -2.10. The molecular weight excluding hydrogens is 294 g/mol. The number of carbonyl (C=O) groups is 1. The average molecular weight is 319 g/mol. The first-order chi connectivity index (χ1) is 11.3. The van der Waals surface area contributed by atoms with Gasteiger partial charge < -0.3 is 19.5 Å². The molecule has 0 aliphatic carbocycles. The van der Waals surface area contributed by atoms with Crippen LogP contribution in [0.25, 0.3) is 0 Å². The van der Waals surface area contributed by atoms with Crippen LogP contribution >= 0.6 is 0 Å². The Morgan fingerprint density at radius 2 is 2.30 bits per heavy atom. The van der Waals surface area contributed by atoms with E-state index < -0.39 is 0 Å². The molecule has 1 aromatic carbocycles. The molecule has 0 saturated carbocycles. The molecule has 2 aliphatic heterocycles. The molecule has 2 heterocycles. The molecule has 5 nitrogen and oxygen atoms in total. The molecule has 1 saturated heterocycles. The Hall–Kier alpha value is -1.59. The summed E-state index contributed by atoms with van der Waals surface area (Å²) in [5.41, 5.74) is 2.25. The van der Waals surface area contributed by atoms with Crippen molar-refractivity contribution in [1.29, 1.82) is 0 Å². The van der Waals surface area contributed by atoms with Crippen molar-refractivity contribution in [3.63, 3.8) is 0 Å². The van der Waals surface area contributed by atoms with Gasteiger partial charge in [0.05, 0.1) is 25.7 Å². The standard InChI is InChI=1S/C18H25NO4/c20-18(12-14-4-5-17-15(11-14)6-10-23-17)19-7-2-8-21-13-16-3-1-9-22-16/h4-5,11,16H,1-3,6-10,12-13H2,(H,19,20). The maximum Gasteiger partial charge on any atom is 0.224 e. The van der Waals surface area contributed by atoms with Crippen molar-refractivity contribution in [2.75, 3.05) is 33.0 Å². The van der Waals surface area contributed by atoms with Gasteiger partial charge in [-0.05, 0) is 36.5 Å². The van der Waals surface area contributed by atoms with Crippen LogP contribution in [0.15, 0.2) is 18.2 Å². The second-order valence-corrected chi connectivity index (χ2v) is 6.13. The summed E-state index contributed by atoms with van der Waals surface area (Å²) >= 11 is 0. The summed E-state index contributed by atoms with van der Waals surface area (Å²) in [6, 6.07) is 6.00. The first-order valence-electron chi connectivity index (χ1n) is 8.52. The van der Waals surface area contributed by atoms with Crippen molar-refractivity contribution in [2.45, 2.75) is 38.2 Å². The molecule has 5 heteroatoms. The molecule has 1 fully saturated rings. The average Bonchev–Trinajstić information content (AvgIpc) is 3.21.